The first-order valence-corrected chi connectivity index (χ1v) is 32.9. The lowest BCUT2D eigenvalue weighted by Gasteiger charge is -2.50. The molecule has 0 aromatic heterocycles. The van der Waals surface area contributed by atoms with Crippen LogP contribution in [0.25, 0.3) is 0 Å². The van der Waals surface area contributed by atoms with Gasteiger partial charge in [0.1, 0.15) is 171 Å². The molecule has 22 fully saturated rings. The van der Waals surface area contributed by atoms with Gasteiger partial charge in [-0.15, -0.1) is 0 Å². The third kappa shape index (κ3) is 18.9. The van der Waals surface area contributed by atoms with Crippen molar-refractivity contribution in [1.82, 2.24) is 5.32 Å². The van der Waals surface area contributed by atoms with Crippen molar-refractivity contribution in [2.24, 2.45) is 11.8 Å². The number of carbonyl (C=O) groups is 1. The zero-order valence-electron chi connectivity index (χ0n) is 53.7. The van der Waals surface area contributed by atoms with E-state index >= 15 is 0 Å². The minimum absolute atomic E-state index is 0.100. The summed E-state index contributed by atoms with van der Waals surface area (Å²) in [7, 11) is 0. The van der Waals surface area contributed by atoms with Crippen LogP contribution in [0.4, 0.5) is 0 Å². The van der Waals surface area contributed by atoms with Crippen LogP contribution in [0, 0.1) is 11.8 Å². The standard InChI is InChI=1S/C42H70O35.C17H31NO3/c43-1-8-29-15(50)22(57)36(64-8)72-30-9(2-44)66-38(24(59)17(30)52)74-32-11(4-46)68-40(26(61)19(32)54)76-34-13(6-48)70-42(28(63)21(34)56)77-35-14(7-49)69-41(27(62)20(35)55)75-33-12(5-47)67-39(25(60)18(33)53)73-31-10(3-45)65-37(71-29)23(58)16(31)51;1-13(2)7-5-3-4-6-8-17(21)18-12-14-9-10-15(19)16(20)11-14/h8-63H,1-7H2;5,7,13-16,19-20H,3-4,6,8-12H2,1-2H3,(H,18,21)/b;7-5+/t8-,9-,10-,11-,12-,13-,14-,15-,16-,17-,18-,19-,20-,21-,22-,23-,24-,25-,26-,27-,28-,29-,30-,31-,32-,33-,34-,35-,36-,37-,38-,39-,40-,41-,42-;/m1./s1. The van der Waals surface area contributed by atoms with Crippen molar-refractivity contribution in [3.8, 4) is 0 Å². The van der Waals surface area contributed by atoms with Gasteiger partial charge in [-0.25, -0.2) is 0 Å². The van der Waals surface area contributed by atoms with Gasteiger partial charge in [-0.1, -0.05) is 26.0 Å². The summed E-state index contributed by atoms with van der Waals surface area (Å²) >= 11 is 0. The van der Waals surface area contributed by atoms with E-state index in [-0.39, 0.29) is 5.91 Å². The molecule has 0 radical (unpaired) electrons. The summed E-state index contributed by atoms with van der Waals surface area (Å²) < 4.78 is 79.5. The molecule has 0 aromatic rings. The third-order valence-corrected chi connectivity index (χ3v) is 18.8. The molecule has 0 aromatic carbocycles. The van der Waals surface area contributed by atoms with Crippen LogP contribution in [0.5, 0.6) is 0 Å². The van der Waals surface area contributed by atoms with Crippen molar-refractivity contribution in [2.75, 3.05) is 52.8 Å². The lowest BCUT2D eigenvalue weighted by atomic mass is 9.85. The number of ether oxygens (including phenoxy) is 14. The summed E-state index contributed by atoms with van der Waals surface area (Å²) in [5.74, 6) is 0.988. The topological polar surface area (TPSA) is 624 Å². The zero-order valence-corrected chi connectivity index (χ0v) is 53.7. The van der Waals surface area contributed by atoms with Crippen LogP contribution in [0.3, 0.4) is 0 Å². The Morgan fingerprint density at radius 1 is 0.347 bits per heavy atom. The van der Waals surface area contributed by atoms with Crippen LogP contribution >= 0.6 is 0 Å². The predicted octanol–water partition coefficient (Wildman–Crippen LogP) is -12.8. The number of aliphatic hydroxyl groups is 23. The predicted molar refractivity (Wildman–Crippen MR) is 313 cm³/mol. The van der Waals surface area contributed by atoms with Crippen LogP contribution in [0.1, 0.15) is 58.8 Å². The monoisotopic (exact) mass is 1430 g/mol. The second kappa shape index (κ2) is 37.1. The lowest BCUT2D eigenvalue weighted by Crippen LogP contribution is -2.68. The van der Waals surface area contributed by atoms with Crippen molar-refractivity contribution in [1.29, 1.82) is 0 Å². The van der Waals surface area contributed by atoms with Gasteiger partial charge in [0.05, 0.1) is 58.5 Å². The molecule has 0 spiro atoms. The van der Waals surface area contributed by atoms with Gasteiger partial charge >= 0.3 is 0 Å². The first-order valence-electron chi connectivity index (χ1n) is 32.9. The van der Waals surface area contributed by atoms with E-state index in [1.54, 1.807) is 0 Å². The minimum atomic E-state index is -2.21. The van der Waals surface area contributed by atoms with Crippen molar-refractivity contribution in [3.05, 3.63) is 12.2 Å². The largest absolute Gasteiger partial charge is 0.394 e. The van der Waals surface area contributed by atoms with E-state index in [4.69, 9.17) is 66.3 Å². The van der Waals surface area contributed by atoms with Gasteiger partial charge in [0.2, 0.25) is 5.91 Å². The number of carbonyl (C=O) groups excluding carboxylic acids is 1. The van der Waals surface area contributed by atoms with E-state index in [0.29, 0.717) is 37.6 Å². The Morgan fingerprint density at radius 2 is 0.592 bits per heavy atom. The van der Waals surface area contributed by atoms with E-state index < -0.39 is 273 Å². The molecule has 22 aliphatic rings. The Morgan fingerprint density at radius 3 is 0.806 bits per heavy atom. The molecule has 1 saturated carbocycles. The number of amides is 1. The van der Waals surface area contributed by atoms with Gasteiger partial charge in [0.25, 0.3) is 0 Å². The fourth-order valence-corrected chi connectivity index (χ4v) is 13.1. The van der Waals surface area contributed by atoms with Crippen molar-refractivity contribution >= 4 is 5.91 Å². The van der Waals surface area contributed by atoms with Crippen molar-refractivity contribution in [2.45, 2.75) is 286 Å². The number of aliphatic hydroxyl groups excluding tert-OH is 23. The Hall–Kier alpha value is -2.27. The Labute approximate surface area is 561 Å². The molecule has 3 unspecified atom stereocenters. The molecule has 38 atom stereocenters. The van der Waals surface area contributed by atoms with Crippen LogP contribution in [-0.2, 0) is 71.1 Å². The van der Waals surface area contributed by atoms with Crippen LogP contribution in [0.2, 0.25) is 0 Å². The highest BCUT2D eigenvalue weighted by Crippen LogP contribution is 2.39. The van der Waals surface area contributed by atoms with Gasteiger partial charge in [0, 0.05) is 13.0 Å². The molecule has 21 aliphatic heterocycles. The maximum atomic E-state index is 11.7. The second-order valence-electron chi connectivity index (χ2n) is 26.2. The molecule has 98 heavy (non-hydrogen) atoms. The van der Waals surface area contributed by atoms with Crippen LogP contribution in [-0.4, -0.2) is 403 Å². The van der Waals surface area contributed by atoms with E-state index in [0.717, 1.165) is 25.7 Å². The van der Waals surface area contributed by atoms with Gasteiger partial charge in [-0.05, 0) is 50.4 Å². The molecular formula is C59H101NO38. The van der Waals surface area contributed by atoms with Crippen LogP contribution in [0.15, 0.2) is 12.2 Å². The smallest absolute Gasteiger partial charge is 0.220 e. The first-order chi connectivity index (χ1) is 46.6. The van der Waals surface area contributed by atoms with Gasteiger partial charge in [0.15, 0.2) is 44.0 Å². The summed E-state index contributed by atoms with van der Waals surface area (Å²) in [6, 6.07) is 0. The number of allylic oxidation sites excluding steroid dienone is 2. The number of hydrogen-bond donors (Lipinski definition) is 24. The molecule has 39 heteroatoms. The molecule has 21 saturated heterocycles. The highest BCUT2D eigenvalue weighted by molar-refractivity contribution is 5.75. The SMILES string of the molecule is CC(C)/C=C/CCCCC(=O)NCC1CCC(O)C(O)C1.OC[C@H]1O[C@@H]2O[C@H]3[C@H](O)[C@@H](O)[C@@H](O[C@H]4[C@H](O)[C@@H](O)[C@@H](O[C@H]5[C@H](O)[C@@H](O)[C@@H](O[C@H]6[C@H](O)[C@@H](O)[C@@H](O[C@H]7[C@H](O)[C@@H](O)[C@@H](O[C@H]8[C@H](O)[C@@H](O)[C@@H](O[C@H]1[C@H](O)[C@H]2O)O[C@@H]8CO)O[C@@H]7CO)O[C@@H]6CO)O[C@@H]5CO)O[C@@H]4CO)O[C@@H]3CO. The summed E-state index contributed by atoms with van der Waals surface area (Å²) in [4.78, 5) is 11.7. The Balaban J connectivity index is 0.000000498. The minimum Gasteiger partial charge on any atom is -0.394 e. The average molecular weight is 1430 g/mol. The summed E-state index contributed by atoms with van der Waals surface area (Å²) in [5.41, 5.74) is 0. The van der Waals surface area contributed by atoms with E-state index in [1.807, 2.05) is 0 Å². The number of hydrogen-bond acceptors (Lipinski definition) is 38. The fraction of sp³-hybridized carbons (Fsp3) is 0.949. The molecule has 22 rings (SSSR count). The van der Waals surface area contributed by atoms with Gasteiger partial charge in [-0.3, -0.25) is 4.79 Å². The number of unbranched alkanes of at least 4 members (excludes halogenated alkanes) is 2. The molecule has 24 N–H and O–H groups in total. The summed E-state index contributed by atoms with van der Waals surface area (Å²) in [6.45, 7) is -2.39. The Kier molecular flexibility index (Phi) is 30.8. The molecule has 39 nitrogen and oxygen atoms in total. The number of rotatable bonds is 15. The molecule has 570 valence electrons. The van der Waals surface area contributed by atoms with Crippen LogP contribution < -0.4 is 5.32 Å². The molecule has 1 aliphatic carbocycles. The first kappa shape index (κ1) is 81.4. The quantitative estimate of drug-likeness (QED) is 0.0535. The molecule has 1 amide bonds. The van der Waals surface area contributed by atoms with Crippen molar-refractivity contribution < 1.29 is 189 Å². The van der Waals surface area contributed by atoms with Crippen molar-refractivity contribution in [3.63, 3.8) is 0 Å². The summed E-state index contributed by atoms with van der Waals surface area (Å²) in [6.07, 6.45) is -61.4. The summed E-state index contributed by atoms with van der Waals surface area (Å²) in [5, 5.41) is 252. The highest BCUT2D eigenvalue weighted by atomic mass is 16.8. The van der Waals surface area contributed by atoms with Gasteiger partial charge in [-0.2, -0.15) is 0 Å². The highest BCUT2D eigenvalue weighted by Gasteiger charge is 2.60. The average Bonchev–Trinajstić information content (AvgIpc) is 0.780. The maximum absolute atomic E-state index is 11.7. The number of nitrogens with one attached hydrogen (secondary N) is 1. The Bertz CT molecular complexity index is 2030. The van der Waals surface area contributed by atoms with E-state index in [1.165, 1.54) is 0 Å². The van der Waals surface area contributed by atoms with Gasteiger partial charge < -0.3 is 189 Å². The molecule has 14 bridgehead atoms. The van der Waals surface area contributed by atoms with E-state index in [9.17, 15) is 122 Å². The molecular weight excluding hydrogens is 1330 g/mol. The van der Waals surface area contributed by atoms with E-state index in [2.05, 4.69) is 31.3 Å². The lowest BCUT2D eigenvalue weighted by molar-refractivity contribution is -0.396. The molecule has 21 heterocycles. The third-order valence-electron chi connectivity index (χ3n) is 18.8. The fourth-order valence-electron chi connectivity index (χ4n) is 13.1. The maximum Gasteiger partial charge on any atom is 0.220 e. The normalized spacial score (nSPS) is 49.2. The second-order valence-corrected chi connectivity index (χ2v) is 26.2. The zero-order chi connectivity index (χ0) is 71.7.